The van der Waals surface area contributed by atoms with E-state index in [1.54, 1.807) is 71.6 Å². The standard InChI is InChI=1S/C24H20ClN5O3/c1-2-13-33-28-22(26)18-9-7-17(8-10-18)21-23(31)29-12-4-3-5-20(29)30(24(21)32)15-16-6-11-19(25)27-14-16/h2-12,14H,1,13,15H2,(H2-,26,28,31,32)/p+1. The van der Waals surface area contributed by atoms with Crippen LogP contribution in [0.4, 0.5) is 0 Å². The van der Waals surface area contributed by atoms with Crippen molar-refractivity contribution < 1.29 is 14.5 Å². The van der Waals surface area contributed by atoms with Gasteiger partial charge in [-0.05, 0) is 17.7 Å². The highest BCUT2D eigenvalue weighted by atomic mass is 35.5. The van der Waals surface area contributed by atoms with Gasteiger partial charge in [-0.1, -0.05) is 65.8 Å². The minimum atomic E-state index is -0.350. The molecular weight excluding hydrogens is 442 g/mol. The highest BCUT2D eigenvalue weighted by Crippen LogP contribution is 2.24. The highest BCUT2D eigenvalue weighted by Gasteiger charge is 2.25. The van der Waals surface area contributed by atoms with E-state index < -0.39 is 0 Å². The first-order chi connectivity index (χ1) is 16.0. The molecule has 0 amide bonds. The van der Waals surface area contributed by atoms with E-state index in [-0.39, 0.29) is 36.0 Å². The predicted octanol–water partition coefficient (Wildman–Crippen LogP) is 2.88. The maximum absolute atomic E-state index is 13.3. The van der Waals surface area contributed by atoms with Gasteiger partial charge in [0, 0.05) is 23.4 Å². The summed E-state index contributed by atoms with van der Waals surface area (Å²) >= 11 is 5.90. The smallest absolute Gasteiger partial charge is 0.354 e. The molecule has 0 saturated heterocycles. The van der Waals surface area contributed by atoms with Crippen LogP contribution >= 0.6 is 11.6 Å². The SMILES string of the molecule is C=CCO/N=C(/N)c1ccc(-c2c(O)[n+](Cc3ccc(Cl)nc3)c3ccccn3c2=O)cc1. The van der Waals surface area contributed by atoms with Crippen LogP contribution < -0.4 is 15.9 Å². The van der Waals surface area contributed by atoms with Gasteiger partial charge in [0.1, 0.15) is 18.3 Å². The predicted molar refractivity (Wildman–Crippen MR) is 126 cm³/mol. The average molecular weight is 463 g/mol. The summed E-state index contributed by atoms with van der Waals surface area (Å²) in [4.78, 5) is 22.4. The Bertz CT molecular complexity index is 1400. The van der Waals surface area contributed by atoms with Crippen LogP contribution in [0.25, 0.3) is 16.8 Å². The van der Waals surface area contributed by atoms with E-state index in [9.17, 15) is 9.90 Å². The summed E-state index contributed by atoms with van der Waals surface area (Å²) in [6, 6.07) is 15.6. The number of halogens is 1. The number of oxime groups is 1. The van der Waals surface area contributed by atoms with Crippen LogP contribution in [-0.2, 0) is 11.4 Å². The van der Waals surface area contributed by atoms with Gasteiger partial charge in [0.2, 0.25) is 0 Å². The zero-order valence-electron chi connectivity index (χ0n) is 17.6. The molecule has 166 valence electrons. The summed E-state index contributed by atoms with van der Waals surface area (Å²) in [6.07, 6.45) is 4.85. The fourth-order valence-corrected chi connectivity index (χ4v) is 3.51. The molecule has 4 aromatic rings. The van der Waals surface area contributed by atoms with Crippen molar-refractivity contribution in [3.8, 4) is 17.0 Å². The number of amidine groups is 1. The van der Waals surface area contributed by atoms with E-state index in [2.05, 4.69) is 16.7 Å². The van der Waals surface area contributed by atoms with Gasteiger partial charge in [-0.3, -0.25) is 0 Å². The normalized spacial score (nSPS) is 11.5. The van der Waals surface area contributed by atoms with Crippen molar-refractivity contribution >= 4 is 23.1 Å². The average Bonchev–Trinajstić information content (AvgIpc) is 2.83. The summed E-state index contributed by atoms with van der Waals surface area (Å²) in [6.45, 7) is 4.08. The minimum Gasteiger partial charge on any atom is -0.477 e. The summed E-state index contributed by atoms with van der Waals surface area (Å²) in [5.74, 6) is 0.0259. The number of nitrogens with zero attached hydrogens (tertiary/aromatic N) is 4. The number of fused-ring (bicyclic) bond motifs is 1. The molecule has 0 fully saturated rings. The number of pyridine rings is 2. The molecule has 8 nitrogen and oxygen atoms in total. The Morgan fingerprint density at radius 2 is 2.03 bits per heavy atom. The lowest BCUT2D eigenvalue weighted by atomic mass is 10.1. The van der Waals surface area contributed by atoms with E-state index >= 15 is 0 Å². The number of benzene rings is 1. The second-order valence-corrected chi connectivity index (χ2v) is 7.53. The number of hydrogen-bond acceptors (Lipinski definition) is 5. The maximum atomic E-state index is 13.3. The zero-order valence-corrected chi connectivity index (χ0v) is 18.3. The van der Waals surface area contributed by atoms with Gasteiger partial charge in [-0.15, -0.1) is 0 Å². The largest absolute Gasteiger partial charge is 0.477 e. The van der Waals surface area contributed by atoms with Gasteiger partial charge >= 0.3 is 5.56 Å². The van der Waals surface area contributed by atoms with Gasteiger partial charge in [0.15, 0.2) is 11.4 Å². The van der Waals surface area contributed by atoms with Gasteiger partial charge in [-0.2, -0.15) is 8.97 Å². The highest BCUT2D eigenvalue weighted by molar-refractivity contribution is 6.29. The Hall–Kier alpha value is -4.17. The summed E-state index contributed by atoms with van der Waals surface area (Å²) in [5.41, 5.74) is 8.23. The molecule has 0 aliphatic rings. The number of aromatic nitrogens is 3. The van der Waals surface area contributed by atoms with Crippen molar-refractivity contribution in [3.63, 3.8) is 0 Å². The van der Waals surface area contributed by atoms with E-state index in [1.165, 1.54) is 4.40 Å². The molecule has 3 N–H and O–H groups in total. The zero-order chi connectivity index (χ0) is 23.4. The molecule has 0 unspecified atom stereocenters. The molecule has 0 aliphatic carbocycles. The molecule has 4 rings (SSSR count). The van der Waals surface area contributed by atoms with Crippen molar-refractivity contribution in [1.29, 1.82) is 0 Å². The van der Waals surface area contributed by atoms with Crippen molar-refractivity contribution in [2.45, 2.75) is 6.54 Å². The fourth-order valence-electron chi connectivity index (χ4n) is 3.40. The molecule has 0 bridgehead atoms. The molecule has 3 heterocycles. The van der Waals surface area contributed by atoms with Crippen molar-refractivity contribution in [3.05, 3.63) is 106 Å². The summed E-state index contributed by atoms with van der Waals surface area (Å²) < 4.78 is 3.14. The molecule has 3 aromatic heterocycles. The monoisotopic (exact) mass is 462 g/mol. The number of aromatic hydroxyl groups is 1. The van der Waals surface area contributed by atoms with Crippen LogP contribution in [-0.4, -0.2) is 26.9 Å². The van der Waals surface area contributed by atoms with Crippen LogP contribution in [0.3, 0.4) is 0 Å². The van der Waals surface area contributed by atoms with E-state index in [1.807, 2.05) is 6.07 Å². The quantitative estimate of drug-likeness (QED) is 0.0835. The fraction of sp³-hybridized carbons (Fsp3) is 0.0833. The summed E-state index contributed by atoms with van der Waals surface area (Å²) in [7, 11) is 0. The second kappa shape index (κ2) is 9.54. The summed E-state index contributed by atoms with van der Waals surface area (Å²) in [5, 5.41) is 15.4. The molecule has 0 radical (unpaired) electrons. The number of hydrogen-bond donors (Lipinski definition) is 2. The lowest BCUT2D eigenvalue weighted by Crippen LogP contribution is -2.41. The minimum absolute atomic E-state index is 0.158. The Kier molecular flexibility index (Phi) is 6.37. The third-order valence-electron chi connectivity index (χ3n) is 4.98. The van der Waals surface area contributed by atoms with Crippen LogP contribution in [0.5, 0.6) is 5.88 Å². The first kappa shape index (κ1) is 22.0. The van der Waals surface area contributed by atoms with E-state index in [4.69, 9.17) is 22.2 Å². The second-order valence-electron chi connectivity index (χ2n) is 7.15. The molecule has 0 spiro atoms. The molecule has 0 aliphatic heterocycles. The first-order valence-corrected chi connectivity index (χ1v) is 10.4. The molecule has 9 heteroatoms. The molecular formula is C24H21ClN5O3+. The lowest BCUT2D eigenvalue weighted by molar-refractivity contribution is -0.671. The molecule has 0 saturated carbocycles. The Morgan fingerprint density at radius 1 is 1.24 bits per heavy atom. The molecule has 0 atom stereocenters. The number of rotatable bonds is 7. The molecule has 1 aromatic carbocycles. The number of nitrogens with two attached hydrogens (primary N) is 1. The topological polar surface area (TPSA) is 106 Å². The first-order valence-electron chi connectivity index (χ1n) is 10.0. The Labute approximate surface area is 194 Å². The van der Waals surface area contributed by atoms with Crippen LogP contribution in [0.1, 0.15) is 11.1 Å². The maximum Gasteiger partial charge on any atom is 0.354 e. The Balaban J connectivity index is 1.81. The van der Waals surface area contributed by atoms with Crippen molar-refractivity contribution in [2.24, 2.45) is 10.9 Å². The third-order valence-corrected chi connectivity index (χ3v) is 5.20. The van der Waals surface area contributed by atoms with Gasteiger partial charge in [-0.25, -0.2) is 9.78 Å². The van der Waals surface area contributed by atoms with Gasteiger partial charge in [0.25, 0.3) is 11.5 Å². The van der Waals surface area contributed by atoms with Gasteiger partial charge in [0.05, 0.1) is 6.20 Å². The van der Waals surface area contributed by atoms with Crippen molar-refractivity contribution in [2.75, 3.05) is 6.61 Å². The van der Waals surface area contributed by atoms with Crippen LogP contribution in [0.15, 0.2) is 89.6 Å². The van der Waals surface area contributed by atoms with E-state index in [0.29, 0.717) is 21.9 Å². The Morgan fingerprint density at radius 3 is 2.73 bits per heavy atom. The van der Waals surface area contributed by atoms with Crippen LogP contribution in [0.2, 0.25) is 5.15 Å². The van der Waals surface area contributed by atoms with Gasteiger partial charge < -0.3 is 15.7 Å². The van der Waals surface area contributed by atoms with Crippen molar-refractivity contribution in [1.82, 2.24) is 9.38 Å². The third kappa shape index (κ3) is 4.56. The van der Waals surface area contributed by atoms with Crippen LogP contribution in [0, 0.1) is 0 Å². The lowest BCUT2D eigenvalue weighted by Gasteiger charge is -2.10. The molecule has 33 heavy (non-hydrogen) atoms. The van der Waals surface area contributed by atoms with E-state index in [0.717, 1.165) is 5.56 Å².